The van der Waals surface area contributed by atoms with Gasteiger partial charge in [-0.05, 0) is 41.8 Å². The van der Waals surface area contributed by atoms with Gasteiger partial charge in [-0.1, -0.05) is 36.4 Å². The fourth-order valence-corrected chi connectivity index (χ4v) is 4.08. The molecule has 5 rings (SSSR count). The third-order valence-corrected chi connectivity index (χ3v) is 5.82. The van der Waals surface area contributed by atoms with E-state index in [0.717, 1.165) is 33.9 Å². The molecule has 0 radical (unpaired) electrons. The fourth-order valence-electron chi connectivity index (χ4n) is 4.08. The quantitative estimate of drug-likeness (QED) is 0.709. The van der Waals surface area contributed by atoms with Crippen molar-refractivity contribution in [1.29, 1.82) is 0 Å². The lowest BCUT2D eigenvalue weighted by molar-refractivity contribution is -0.115. The molecule has 6 heteroatoms. The summed E-state index contributed by atoms with van der Waals surface area (Å²) in [5, 5.41) is 3.07. The predicted molar refractivity (Wildman–Crippen MR) is 123 cm³/mol. The lowest BCUT2D eigenvalue weighted by atomic mass is 10.0. The summed E-state index contributed by atoms with van der Waals surface area (Å²) in [6.07, 6.45) is 4.13. The maximum Gasteiger partial charge on any atom is 0.266 e. The first-order valence-electron chi connectivity index (χ1n) is 10.4. The number of anilines is 1. The molecule has 1 aromatic heterocycles. The van der Waals surface area contributed by atoms with Crippen molar-refractivity contribution in [2.45, 2.75) is 25.9 Å². The number of benzene rings is 2. The molecular formula is C25H23N5O. The van der Waals surface area contributed by atoms with E-state index in [2.05, 4.69) is 27.4 Å². The van der Waals surface area contributed by atoms with E-state index in [0.29, 0.717) is 18.7 Å². The first kappa shape index (κ1) is 19.2. The maximum atomic E-state index is 12.8. The zero-order chi connectivity index (χ0) is 21.4. The lowest BCUT2D eigenvalue weighted by Gasteiger charge is -2.19. The summed E-state index contributed by atoms with van der Waals surface area (Å²) in [4.78, 5) is 28.5. The van der Waals surface area contributed by atoms with Gasteiger partial charge in [0.15, 0.2) is 0 Å². The van der Waals surface area contributed by atoms with Gasteiger partial charge < -0.3 is 10.2 Å². The van der Waals surface area contributed by atoms with Gasteiger partial charge in [-0.25, -0.2) is 4.99 Å². The SMILES string of the molecule is C[C@@H](NC(=O)C1=Nc2cc3c(cc2C1)CN=C3N(C)c1cccnc1)c1ccccc1. The van der Waals surface area contributed by atoms with Crippen molar-refractivity contribution in [1.82, 2.24) is 10.3 Å². The number of fused-ring (bicyclic) bond motifs is 2. The van der Waals surface area contributed by atoms with Crippen LogP contribution in [0.5, 0.6) is 0 Å². The van der Waals surface area contributed by atoms with Crippen molar-refractivity contribution in [3.63, 3.8) is 0 Å². The summed E-state index contributed by atoms with van der Waals surface area (Å²) in [6.45, 7) is 2.62. The molecule has 1 amide bonds. The van der Waals surface area contributed by atoms with Gasteiger partial charge in [0.25, 0.3) is 5.91 Å². The highest BCUT2D eigenvalue weighted by atomic mass is 16.2. The Balaban J connectivity index is 1.36. The Morgan fingerprint density at radius 3 is 2.71 bits per heavy atom. The Morgan fingerprint density at radius 1 is 1.10 bits per heavy atom. The van der Waals surface area contributed by atoms with Crippen molar-refractivity contribution < 1.29 is 4.79 Å². The average molecular weight is 409 g/mol. The van der Waals surface area contributed by atoms with E-state index in [9.17, 15) is 4.79 Å². The number of rotatable bonds is 4. The first-order chi connectivity index (χ1) is 15.1. The summed E-state index contributed by atoms with van der Waals surface area (Å²) in [7, 11) is 1.99. The van der Waals surface area contributed by atoms with E-state index >= 15 is 0 Å². The van der Waals surface area contributed by atoms with Crippen LogP contribution in [0.3, 0.4) is 0 Å². The zero-order valence-corrected chi connectivity index (χ0v) is 17.5. The van der Waals surface area contributed by atoms with Crippen LogP contribution in [-0.2, 0) is 17.8 Å². The molecule has 31 heavy (non-hydrogen) atoms. The van der Waals surface area contributed by atoms with Crippen LogP contribution in [0.15, 0.2) is 77.0 Å². The van der Waals surface area contributed by atoms with E-state index in [4.69, 9.17) is 4.99 Å². The molecule has 0 bridgehead atoms. The molecular weight excluding hydrogens is 386 g/mol. The number of nitrogens with zero attached hydrogens (tertiary/aromatic N) is 4. The Labute approximate surface area is 181 Å². The van der Waals surface area contributed by atoms with Crippen LogP contribution in [0.2, 0.25) is 0 Å². The minimum absolute atomic E-state index is 0.0722. The van der Waals surface area contributed by atoms with Crippen LogP contribution in [0.25, 0.3) is 0 Å². The molecule has 1 atom stereocenters. The molecule has 154 valence electrons. The van der Waals surface area contributed by atoms with Crippen molar-refractivity contribution in [3.05, 3.63) is 89.2 Å². The molecule has 0 unspecified atom stereocenters. The third kappa shape index (κ3) is 3.61. The number of amidine groups is 1. The number of carbonyl (C=O) groups excluding carboxylic acids is 1. The van der Waals surface area contributed by atoms with E-state index < -0.39 is 0 Å². The topological polar surface area (TPSA) is 70.0 Å². The van der Waals surface area contributed by atoms with Crippen LogP contribution in [-0.4, -0.2) is 29.5 Å². The van der Waals surface area contributed by atoms with Crippen molar-refractivity contribution in [3.8, 4) is 0 Å². The van der Waals surface area contributed by atoms with Crippen LogP contribution >= 0.6 is 0 Å². The molecule has 0 saturated heterocycles. The van der Waals surface area contributed by atoms with Gasteiger partial charge in [0.1, 0.15) is 11.5 Å². The van der Waals surface area contributed by atoms with Crippen LogP contribution in [0, 0.1) is 0 Å². The highest BCUT2D eigenvalue weighted by Gasteiger charge is 2.27. The van der Waals surface area contributed by atoms with Gasteiger partial charge in [0.2, 0.25) is 0 Å². The summed E-state index contributed by atoms with van der Waals surface area (Å²) < 4.78 is 0. The van der Waals surface area contributed by atoms with Crippen molar-refractivity contribution >= 4 is 28.8 Å². The second-order valence-corrected chi connectivity index (χ2v) is 7.89. The van der Waals surface area contributed by atoms with Crippen LogP contribution < -0.4 is 10.2 Å². The number of aromatic nitrogens is 1. The monoisotopic (exact) mass is 409 g/mol. The molecule has 2 aliphatic heterocycles. The molecule has 0 spiro atoms. The van der Waals surface area contributed by atoms with E-state index in [1.807, 2.05) is 67.5 Å². The molecule has 3 heterocycles. The van der Waals surface area contributed by atoms with Crippen LogP contribution in [0.1, 0.15) is 35.2 Å². The summed E-state index contributed by atoms with van der Waals surface area (Å²) in [5.41, 5.74) is 6.77. The molecule has 0 fully saturated rings. The van der Waals surface area contributed by atoms with Crippen LogP contribution in [0.4, 0.5) is 11.4 Å². The standard InChI is InChI=1S/C25H23N5O/c1-16(17-7-4-3-5-8-17)28-25(31)23-12-18-11-19-14-27-24(21(19)13-22(18)29-23)30(2)20-9-6-10-26-15-20/h3-11,13,15-16H,12,14H2,1-2H3,(H,28,31)/t16-/m1/s1. The summed E-state index contributed by atoms with van der Waals surface area (Å²) >= 11 is 0. The number of hydrogen-bond donors (Lipinski definition) is 1. The van der Waals surface area contributed by atoms with E-state index in [1.165, 1.54) is 5.56 Å². The fraction of sp³-hybridized carbons (Fsp3) is 0.200. The smallest absolute Gasteiger partial charge is 0.266 e. The van der Waals surface area contributed by atoms with Gasteiger partial charge in [-0.15, -0.1) is 0 Å². The number of carbonyl (C=O) groups is 1. The van der Waals surface area contributed by atoms with Crippen molar-refractivity contribution in [2.75, 3.05) is 11.9 Å². The molecule has 0 aliphatic carbocycles. The highest BCUT2D eigenvalue weighted by molar-refractivity contribution is 6.41. The minimum Gasteiger partial charge on any atom is -0.344 e. The van der Waals surface area contributed by atoms with E-state index in [-0.39, 0.29) is 11.9 Å². The largest absolute Gasteiger partial charge is 0.344 e. The average Bonchev–Trinajstić information content (AvgIpc) is 3.41. The Hall–Kier alpha value is -3.80. The Morgan fingerprint density at radius 2 is 1.94 bits per heavy atom. The normalized spacial score (nSPS) is 14.9. The Bertz CT molecular complexity index is 1200. The third-order valence-electron chi connectivity index (χ3n) is 5.82. The van der Waals surface area contributed by atoms with Gasteiger partial charge in [0, 0.05) is 25.2 Å². The Kier molecular flexibility index (Phi) is 4.82. The van der Waals surface area contributed by atoms with Crippen molar-refractivity contribution in [2.24, 2.45) is 9.98 Å². The van der Waals surface area contributed by atoms with Gasteiger partial charge in [-0.2, -0.15) is 0 Å². The molecule has 6 nitrogen and oxygen atoms in total. The lowest BCUT2D eigenvalue weighted by Crippen LogP contribution is -2.33. The molecule has 3 aromatic rings. The second kappa shape index (κ2) is 7.80. The number of aliphatic imine (C=N–C) groups is 2. The van der Waals surface area contributed by atoms with E-state index in [1.54, 1.807) is 6.20 Å². The molecule has 2 aliphatic rings. The molecule has 0 saturated carbocycles. The number of nitrogens with one attached hydrogen (secondary N) is 1. The van der Waals surface area contributed by atoms with Gasteiger partial charge >= 0.3 is 0 Å². The number of amides is 1. The van der Waals surface area contributed by atoms with Gasteiger partial charge in [0.05, 0.1) is 30.2 Å². The molecule has 1 N–H and O–H groups in total. The second-order valence-electron chi connectivity index (χ2n) is 7.89. The molecule has 2 aromatic carbocycles. The summed E-state index contributed by atoms with van der Waals surface area (Å²) in [5.74, 6) is 0.783. The maximum absolute atomic E-state index is 12.8. The summed E-state index contributed by atoms with van der Waals surface area (Å²) in [6, 6.07) is 18.0. The highest BCUT2D eigenvalue weighted by Crippen LogP contribution is 2.34. The first-order valence-corrected chi connectivity index (χ1v) is 10.4. The number of hydrogen-bond acceptors (Lipinski definition) is 5. The minimum atomic E-state index is -0.117. The van der Waals surface area contributed by atoms with Gasteiger partial charge in [-0.3, -0.25) is 14.8 Å². The predicted octanol–water partition coefficient (Wildman–Crippen LogP) is 3.98. The zero-order valence-electron chi connectivity index (χ0n) is 17.5. The number of pyridine rings is 1.